The predicted molar refractivity (Wildman–Crippen MR) is 63.3 cm³/mol. The van der Waals surface area contributed by atoms with E-state index in [1.807, 2.05) is 0 Å². The second-order valence-electron chi connectivity index (χ2n) is 4.38. The molecular formula is C13H20O4. The molecule has 0 N–H and O–H groups in total. The number of esters is 2. The van der Waals surface area contributed by atoms with Crippen LogP contribution in [0.4, 0.5) is 0 Å². The summed E-state index contributed by atoms with van der Waals surface area (Å²) in [7, 11) is 0. The van der Waals surface area contributed by atoms with E-state index >= 15 is 0 Å². The lowest BCUT2D eigenvalue weighted by Crippen LogP contribution is -2.12. The molecule has 2 rings (SSSR count). The van der Waals surface area contributed by atoms with Crippen LogP contribution in [-0.2, 0) is 19.1 Å². The number of cyclic esters (lactones) is 2. The van der Waals surface area contributed by atoms with Crippen LogP contribution in [0.2, 0.25) is 0 Å². The normalized spacial score (nSPS) is 26.2. The standard InChI is InChI=1S/C9H16O2.C4H4O2/c1-3-4-5-8-7(2)6-9(10)11-8;5-4-2-1-3-6-4/h7-8H,3-6H2,1-2H3;1-2H,3H2/t7-,8+;/m1./s1. The Morgan fingerprint density at radius 3 is 2.53 bits per heavy atom. The number of carbonyl (C=O) groups is 2. The SMILES string of the molecule is CCCC[C@@H]1OC(=O)C[C@H]1C.O=C1C=CCO1. The van der Waals surface area contributed by atoms with Gasteiger partial charge in [0.25, 0.3) is 0 Å². The monoisotopic (exact) mass is 240 g/mol. The van der Waals surface area contributed by atoms with Crippen LogP contribution in [0.15, 0.2) is 12.2 Å². The molecule has 96 valence electrons. The van der Waals surface area contributed by atoms with Crippen molar-refractivity contribution in [2.75, 3.05) is 6.61 Å². The minimum atomic E-state index is -0.227. The summed E-state index contributed by atoms with van der Waals surface area (Å²) >= 11 is 0. The van der Waals surface area contributed by atoms with Crippen molar-refractivity contribution in [2.24, 2.45) is 5.92 Å². The first kappa shape index (κ1) is 13.7. The molecule has 0 unspecified atom stereocenters. The van der Waals surface area contributed by atoms with Gasteiger partial charge in [0, 0.05) is 12.0 Å². The van der Waals surface area contributed by atoms with E-state index in [1.165, 1.54) is 18.9 Å². The minimum absolute atomic E-state index is 0.0152. The second-order valence-corrected chi connectivity index (χ2v) is 4.38. The van der Waals surface area contributed by atoms with Crippen molar-refractivity contribution in [1.29, 1.82) is 0 Å². The maximum absolute atomic E-state index is 10.8. The van der Waals surface area contributed by atoms with Crippen molar-refractivity contribution in [3.8, 4) is 0 Å². The van der Waals surface area contributed by atoms with Crippen LogP contribution in [-0.4, -0.2) is 24.6 Å². The molecule has 0 radical (unpaired) electrons. The molecule has 1 fully saturated rings. The first-order valence-corrected chi connectivity index (χ1v) is 6.16. The molecule has 0 saturated carbocycles. The average molecular weight is 240 g/mol. The van der Waals surface area contributed by atoms with Gasteiger partial charge in [0.1, 0.15) is 12.7 Å². The Morgan fingerprint density at radius 2 is 2.18 bits per heavy atom. The van der Waals surface area contributed by atoms with Gasteiger partial charge < -0.3 is 9.47 Å². The van der Waals surface area contributed by atoms with Gasteiger partial charge in [0.05, 0.1) is 6.42 Å². The molecule has 2 heterocycles. The largest absolute Gasteiger partial charge is 0.462 e. The molecule has 0 aliphatic carbocycles. The fourth-order valence-electron chi connectivity index (χ4n) is 1.80. The van der Waals surface area contributed by atoms with Crippen molar-refractivity contribution < 1.29 is 19.1 Å². The molecule has 17 heavy (non-hydrogen) atoms. The lowest BCUT2D eigenvalue weighted by molar-refractivity contribution is -0.141. The van der Waals surface area contributed by atoms with E-state index in [4.69, 9.17) is 4.74 Å². The summed E-state index contributed by atoms with van der Waals surface area (Å²) < 4.78 is 9.54. The molecule has 2 aliphatic heterocycles. The molecule has 4 heteroatoms. The van der Waals surface area contributed by atoms with Crippen molar-refractivity contribution in [3.63, 3.8) is 0 Å². The van der Waals surface area contributed by atoms with E-state index in [2.05, 4.69) is 18.6 Å². The van der Waals surface area contributed by atoms with E-state index in [9.17, 15) is 9.59 Å². The van der Waals surface area contributed by atoms with Gasteiger partial charge in [-0.2, -0.15) is 0 Å². The third-order valence-electron chi connectivity index (χ3n) is 2.82. The number of hydrogen-bond donors (Lipinski definition) is 0. The molecule has 0 aromatic rings. The zero-order valence-corrected chi connectivity index (χ0v) is 10.5. The molecule has 4 nitrogen and oxygen atoms in total. The van der Waals surface area contributed by atoms with Gasteiger partial charge >= 0.3 is 11.9 Å². The molecule has 0 aromatic heterocycles. The van der Waals surface area contributed by atoms with E-state index in [-0.39, 0.29) is 18.0 Å². The van der Waals surface area contributed by atoms with Gasteiger partial charge in [0.2, 0.25) is 0 Å². The van der Waals surface area contributed by atoms with Crippen LogP contribution in [0.3, 0.4) is 0 Å². The van der Waals surface area contributed by atoms with Crippen LogP contribution in [0.25, 0.3) is 0 Å². The second kappa shape index (κ2) is 7.09. The third-order valence-corrected chi connectivity index (χ3v) is 2.82. The van der Waals surface area contributed by atoms with Crippen LogP contribution >= 0.6 is 0 Å². The number of hydrogen-bond acceptors (Lipinski definition) is 4. The quantitative estimate of drug-likeness (QED) is 0.710. The highest BCUT2D eigenvalue weighted by Gasteiger charge is 2.30. The molecular weight excluding hydrogens is 220 g/mol. The zero-order chi connectivity index (χ0) is 12.7. The topological polar surface area (TPSA) is 52.6 Å². The Labute approximate surface area is 102 Å². The molecule has 2 aliphatic rings. The number of ether oxygens (including phenoxy) is 2. The summed E-state index contributed by atoms with van der Waals surface area (Å²) in [6.07, 6.45) is 7.32. The Bertz CT molecular complexity index is 296. The van der Waals surface area contributed by atoms with Gasteiger partial charge in [-0.05, 0) is 12.5 Å². The lowest BCUT2D eigenvalue weighted by Gasteiger charge is -2.11. The molecule has 0 bridgehead atoms. The number of rotatable bonds is 3. The van der Waals surface area contributed by atoms with Crippen LogP contribution in [0.5, 0.6) is 0 Å². The maximum atomic E-state index is 10.8. The van der Waals surface area contributed by atoms with Crippen LogP contribution < -0.4 is 0 Å². The third kappa shape index (κ3) is 5.02. The minimum Gasteiger partial charge on any atom is -0.462 e. The summed E-state index contributed by atoms with van der Waals surface area (Å²) in [5.41, 5.74) is 0. The van der Waals surface area contributed by atoms with E-state index in [0.717, 1.165) is 6.42 Å². The summed E-state index contributed by atoms with van der Waals surface area (Å²) in [5.74, 6) is 0.197. The summed E-state index contributed by atoms with van der Waals surface area (Å²) in [4.78, 5) is 20.7. The molecule has 1 saturated heterocycles. The zero-order valence-electron chi connectivity index (χ0n) is 10.5. The van der Waals surface area contributed by atoms with E-state index in [1.54, 1.807) is 6.08 Å². The smallest absolute Gasteiger partial charge is 0.330 e. The summed E-state index contributed by atoms with van der Waals surface area (Å²) in [5, 5.41) is 0. The van der Waals surface area contributed by atoms with Crippen molar-refractivity contribution >= 4 is 11.9 Å². The van der Waals surface area contributed by atoms with Gasteiger partial charge in [-0.1, -0.05) is 26.7 Å². The van der Waals surface area contributed by atoms with Crippen molar-refractivity contribution in [2.45, 2.75) is 45.6 Å². The maximum Gasteiger partial charge on any atom is 0.330 e. The fraction of sp³-hybridized carbons (Fsp3) is 0.692. The highest BCUT2D eigenvalue weighted by atomic mass is 16.6. The molecule has 2 atom stereocenters. The highest BCUT2D eigenvalue weighted by Crippen LogP contribution is 2.25. The molecule has 0 spiro atoms. The van der Waals surface area contributed by atoms with Crippen molar-refractivity contribution in [1.82, 2.24) is 0 Å². The van der Waals surface area contributed by atoms with E-state index < -0.39 is 0 Å². The van der Waals surface area contributed by atoms with Gasteiger partial charge in [-0.25, -0.2) is 4.79 Å². The summed E-state index contributed by atoms with van der Waals surface area (Å²) in [6, 6.07) is 0. The molecule has 0 aromatic carbocycles. The number of unbranched alkanes of at least 4 members (excludes halogenated alkanes) is 1. The number of carbonyl (C=O) groups excluding carboxylic acids is 2. The predicted octanol–water partition coefficient (Wildman–Crippen LogP) is 2.23. The van der Waals surface area contributed by atoms with Crippen molar-refractivity contribution in [3.05, 3.63) is 12.2 Å². The van der Waals surface area contributed by atoms with Gasteiger partial charge in [0.15, 0.2) is 0 Å². The Balaban J connectivity index is 0.000000202. The molecule has 0 amide bonds. The average Bonchev–Trinajstić information content (AvgIpc) is 2.86. The fourth-order valence-corrected chi connectivity index (χ4v) is 1.80. The first-order valence-electron chi connectivity index (χ1n) is 6.16. The van der Waals surface area contributed by atoms with E-state index in [0.29, 0.717) is 18.9 Å². The van der Waals surface area contributed by atoms with Crippen LogP contribution in [0.1, 0.15) is 39.5 Å². The Kier molecular flexibility index (Phi) is 5.73. The van der Waals surface area contributed by atoms with Gasteiger partial charge in [-0.15, -0.1) is 0 Å². The highest BCUT2D eigenvalue weighted by molar-refractivity contribution is 5.83. The van der Waals surface area contributed by atoms with Crippen LogP contribution in [0, 0.1) is 5.92 Å². The Hall–Kier alpha value is -1.32. The lowest BCUT2D eigenvalue weighted by atomic mass is 9.99. The van der Waals surface area contributed by atoms with Gasteiger partial charge in [-0.3, -0.25) is 4.79 Å². The first-order chi connectivity index (χ1) is 8.13. The Morgan fingerprint density at radius 1 is 1.41 bits per heavy atom. The summed E-state index contributed by atoms with van der Waals surface area (Å²) in [6.45, 7) is 4.70.